The minimum absolute atomic E-state index is 0.162. The average Bonchev–Trinajstić information content (AvgIpc) is 2.28. The summed E-state index contributed by atoms with van der Waals surface area (Å²) in [6, 6.07) is 5.06. The maximum Gasteiger partial charge on any atom is 0.254 e. The van der Waals surface area contributed by atoms with Gasteiger partial charge in [-0.25, -0.2) is 0 Å². The number of amides is 1. The lowest BCUT2D eigenvalue weighted by Crippen LogP contribution is -2.19. The molecule has 1 aromatic rings. The van der Waals surface area contributed by atoms with E-state index in [1.165, 1.54) is 0 Å². The number of anilines is 1. The number of nitrogen functional groups attached to an aromatic ring is 1. The van der Waals surface area contributed by atoms with Gasteiger partial charge in [-0.15, -0.1) is 0 Å². The first-order valence-corrected chi connectivity index (χ1v) is 5.79. The van der Waals surface area contributed by atoms with Crippen molar-refractivity contribution in [1.82, 2.24) is 5.32 Å². The molecule has 0 radical (unpaired) electrons. The maximum atomic E-state index is 11.6. The van der Waals surface area contributed by atoms with E-state index in [1.807, 2.05) is 0 Å². The highest BCUT2D eigenvalue weighted by Crippen LogP contribution is 2.22. The number of rotatable bonds is 5. The molecule has 0 bridgehead atoms. The van der Waals surface area contributed by atoms with Crippen molar-refractivity contribution in [3.8, 4) is 5.75 Å². The molecule has 94 valence electrons. The molecule has 0 unspecified atom stereocenters. The van der Waals surface area contributed by atoms with Gasteiger partial charge in [0.15, 0.2) is 0 Å². The number of carbonyl (C=O) groups is 1. The summed E-state index contributed by atoms with van der Waals surface area (Å²) in [4.78, 5) is 11.6. The fourth-order valence-electron chi connectivity index (χ4n) is 1.39. The van der Waals surface area contributed by atoms with Gasteiger partial charge in [0.25, 0.3) is 5.91 Å². The molecule has 4 heteroatoms. The van der Waals surface area contributed by atoms with Crippen molar-refractivity contribution in [3.63, 3.8) is 0 Å². The van der Waals surface area contributed by atoms with Crippen LogP contribution in [0.2, 0.25) is 0 Å². The van der Waals surface area contributed by atoms with E-state index in [0.717, 1.165) is 6.42 Å². The lowest BCUT2D eigenvalue weighted by molar-refractivity contribution is 0.0959. The molecular weight excluding hydrogens is 216 g/mol. The first kappa shape index (κ1) is 13.4. The molecule has 0 spiro atoms. The smallest absolute Gasteiger partial charge is 0.254 e. The summed E-state index contributed by atoms with van der Waals surface area (Å²) in [5.74, 6) is 0.953. The Hall–Kier alpha value is -1.71. The predicted molar refractivity (Wildman–Crippen MR) is 69.2 cm³/mol. The summed E-state index contributed by atoms with van der Waals surface area (Å²) >= 11 is 0. The van der Waals surface area contributed by atoms with Crippen LogP contribution in [0.4, 0.5) is 5.69 Å². The Labute approximate surface area is 102 Å². The van der Waals surface area contributed by atoms with E-state index in [-0.39, 0.29) is 5.91 Å². The number of ether oxygens (including phenoxy) is 1. The van der Waals surface area contributed by atoms with Crippen molar-refractivity contribution in [1.29, 1.82) is 0 Å². The summed E-state index contributed by atoms with van der Waals surface area (Å²) in [6.45, 7) is 4.84. The summed E-state index contributed by atoms with van der Waals surface area (Å²) < 4.78 is 5.61. The van der Waals surface area contributed by atoms with E-state index in [4.69, 9.17) is 10.5 Å². The molecule has 1 amide bonds. The summed E-state index contributed by atoms with van der Waals surface area (Å²) in [6.07, 6.45) is 0.946. The normalized spacial score (nSPS) is 10.4. The van der Waals surface area contributed by atoms with Gasteiger partial charge in [-0.05, 0) is 24.5 Å². The monoisotopic (exact) mass is 236 g/mol. The molecule has 0 aliphatic heterocycles. The first-order valence-electron chi connectivity index (χ1n) is 5.79. The van der Waals surface area contributed by atoms with E-state index in [9.17, 15) is 4.79 Å². The molecule has 0 aromatic heterocycles. The van der Waals surface area contributed by atoms with Crippen LogP contribution in [-0.4, -0.2) is 19.6 Å². The van der Waals surface area contributed by atoms with Crippen LogP contribution >= 0.6 is 0 Å². The van der Waals surface area contributed by atoms with Crippen molar-refractivity contribution in [2.75, 3.05) is 19.4 Å². The van der Waals surface area contributed by atoms with Crippen LogP contribution in [0.15, 0.2) is 18.2 Å². The zero-order valence-electron chi connectivity index (χ0n) is 10.6. The Kier molecular flexibility index (Phi) is 4.82. The van der Waals surface area contributed by atoms with Crippen molar-refractivity contribution in [2.45, 2.75) is 20.3 Å². The summed E-state index contributed by atoms with van der Waals surface area (Å²) in [5, 5.41) is 2.58. The van der Waals surface area contributed by atoms with E-state index >= 15 is 0 Å². The fraction of sp³-hybridized carbons (Fsp3) is 0.462. The van der Waals surface area contributed by atoms with Crippen molar-refractivity contribution >= 4 is 11.6 Å². The van der Waals surface area contributed by atoms with E-state index in [0.29, 0.717) is 29.5 Å². The molecule has 3 N–H and O–H groups in total. The summed E-state index contributed by atoms with van der Waals surface area (Å²) in [7, 11) is 1.59. The van der Waals surface area contributed by atoms with Crippen molar-refractivity contribution < 1.29 is 9.53 Å². The van der Waals surface area contributed by atoms with Gasteiger partial charge in [-0.2, -0.15) is 0 Å². The third kappa shape index (κ3) is 3.98. The zero-order chi connectivity index (χ0) is 12.8. The SMILES string of the molecule is CNC(=O)c1ccc(N)cc1OCCC(C)C. The molecule has 17 heavy (non-hydrogen) atoms. The molecule has 4 nitrogen and oxygen atoms in total. The van der Waals surface area contributed by atoms with E-state index in [2.05, 4.69) is 19.2 Å². The predicted octanol–water partition coefficient (Wildman–Crippen LogP) is 2.05. The van der Waals surface area contributed by atoms with Crippen LogP contribution in [0.3, 0.4) is 0 Å². The Balaban J connectivity index is 2.80. The number of nitrogens with two attached hydrogens (primary N) is 1. The van der Waals surface area contributed by atoms with Crippen LogP contribution < -0.4 is 15.8 Å². The van der Waals surface area contributed by atoms with Crippen LogP contribution in [0.1, 0.15) is 30.6 Å². The molecule has 0 aliphatic rings. The number of nitrogens with one attached hydrogen (secondary N) is 1. The minimum Gasteiger partial charge on any atom is -0.493 e. The van der Waals surface area contributed by atoms with Gasteiger partial charge >= 0.3 is 0 Å². The second-order valence-corrected chi connectivity index (χ2v) is 4.37. The third-order valence-electron chi connectivity index (χ3n) is 2.43. The molecule has 0 saturated heterocycles. The number of benzene rings is 1. The average molecular weight is 236 g/mol. The quantitative estimate of drug-likeness (QED) is 0.769. The van der Waals surface area contributed by atoms with Gasteiger partial charge in [0, 0.05) is 18.8 Å². The number of hydrogen-bond acceptors (Lipinski definition) is 3. The van der Waals surface area contributed by atoms with E-state index < -0.39 is 0 Å². The van der Waals surface area contributed by atoms with Gasteiger partial charge in [0.2, 0.25) is 0 Å². The molecule has 1 aromatic carbocycles. The Bertz CT molecular complexity index is 389. The molecule has 0 atom stereocenters. The lowest BCUT2D eigenvalue weighted by Gasteiger charge is -2.12. The lowest BCUT2D eigenvalue weighted by atomic mass is 10.1. The standard InChI is InChI=1S/C13H20N2O2/c1-9(2)6-7-17-12-8-10(14)4-5-11(12)13(16)15-3/h4-5,8-9H,6-7,14H2,1-3H3,(H,15,16). The molecular formula is C13H20N2O2. The fourth-order valence-corrected chi connectivity index (χ4v) is 1.39. The molecule has 0 saturated carbocycles. The minimum atomic E-state index is -0.162. The van der Waals surface area contributed by atoms with Crippen LogP contribution in [-0.2, 0) is 0 Å². The Morgan fingerprint density at radius 3 is 2.76 bits per heavy atom. The Morgan fingerprint density at radius 1 is 1.47 bits per heavy atom. The summed E-state index contributed by atoms with van der Waals surface area (Å²) in [5.41, 5.74) is 6.80. The highest BCUT2D eigenvalue weighted by Gasteiger charge is 2.11. The first-order chi connectivity index (χ1) is 8.04. The third-order valence-corrected chi connectivity index (χ3v) is 2.43. The Morgan fingerprint density at radius 2 is 2.18 bits per heavy atom. The van der Waals surface area contributed by atoms with Gasteiger partial charge in [0.05, 0.1) is 12.2 Å². The topological polar surface area (TPSA) is 64.4 Å². The zero-order valence-corrected chi connectivity index (χ0v) is 10.6. The number of carbonyl (C=O) groups excluding carboxylic acids is 1. The van der Waals surface area contributed by atoms with Crippen LogP contribution in [0.25, 0.3) is 0 Å². The van der Waals surface area contributed by atoms with Crippen molar-refractivity contribution in [3.05, 3.63) is 23.8 Å². The highest BCUT2D eigenvalue weighted by molar-refractivity contribution is 5.97. The molecule has 0 aliphatic carbocycles. The number of hydrogen-bond donors (Lipinski definition) is 2. The van der Waals surface area contributed by atoms with Crippen LogP contribution in [0.5, 0.6) is 5.75 Å². The van der Waals surface area contributed by atoms with Gasteiger partial charge in [-0.1, -0.05) is 13.8 Å². The molecule has 0 fully saturated rings. The van der Waals surface area contributed by atoms with Gasteiger partial charge in [0.1, 0.15) is 5.75 Å². The van der Waals surface area contributed by atoms with Gasteiger partial charge < -0.3 is 15.8 Å². The highest BCUT2D eigenvalue weighted by atomic mass is 16.5. The largest absolute Gasteiger partial charge is 0.493 e. The second-order valence-electron chi connectivity index (χ2n) is 4.37. The second kappa shape index (κ2) is 6.13. The van der Waals surface area contributed by atoms with Gasteiger partial charge in [-0.3, -0.25) is 4.79 Å². The molecule has 1 rings (SSSR count). The van der Waals surface area contributed by atoms with E-state index in [1.54, 1.807) is 25.2 Å². The maximum absolute atomic E-state index is 11.6. The van der Waals surface area contributed by atoms with Crippen molar-refractivity contribution in [2.24, 2.45) is 5.92 Å². The van der Waals surface area contributed by atoms with Crippen LogP contribution in [0, 0.1) is 5.92 Å². The molecule has 0 heterocycles.